The van der Waals surface area contributed by atoms with Gasteiger partial charge in [0.05, 0.1) is 12.6 Å². The first-order valence-corrected chi connectivity index (χ1v) is 10.4. The summed E-state index contributed by atoms with van der Waals surface area (Å²) in [7, 11) is 0. The Labute approximate surface area is 193 Å². The normalized spacial score (nSPS) is 14.4. The second-order valence-electron chi connectivity index (χ2n) is 7.87. The topological polar surface area (TPSA) is 92.8 Å². The molecule has 0 bridgehead atoms. The molecule has 0 saturated heterocycles. The third-order valence-corrected chi connectivity index (χ3v) is 5.33. The molecular weight excluding hydrogens is 459 g/mol. The first-order valence-electron chi connectivity index (χ1n) is 10.1. The van der Waals surface area contributed by atoms with Crippen LogP contribution in [0.1, 0.15) is 49.0 Å². The van der Waals surface area contributed by atoms with Crippen LogP contribution in [0.15, 0.2) is 36.4 Å². The summed E-state index contributed by atoms with van der Waals surface area (Å²) in [6.07, 6.45) is -3.95. The van der Waals surface area contributed by atoms with Gasteiger partial charge in [0.15, 0.2) is 0 Å². The molecule has 1 N–H and O–H groups in total. The Balaban J connectivity index is 1.80. The zero-order chi connectivity index (χ0) is 24.4. The van der Waals surface area contributed by atoms with Crippen LogP contribution in [0.3, 0.4) is 0 Å². The monoisotopic (exact) mass is 479 g/mol. The van der Waals surface area contributed by atoms with E-state index in [1.165, 1.54) is 23.9 Å². The molecule has 0 radical (unpaired) electrons. The van der Waals surface area contributed by atoms with Crippen molar-refractivity contribution >= 4 is 28.5 Å². The number of amides is 1. The number of fused-ring (bicyclic) bond motifs is 1. The van der Waals surface area contributed by atoms with Crippen molar-refractivity contribution in [2.75, 3.05) is 0 Å². The van der Waals surface area contributed by atoms with E-state index in [-0.39, 0.29) is 18.0 Å². The highest BCUT2D eigenvalue weighted by atomic mass is 35.5. The van der Waals surface area contributed by atoms with Crippen LogP contribution in [0.2, 0.25) is 5.02 Å². The number of nitriles is 1. The minimum Gasteiger partial charge on any atom is -0.406 e. The Bertz CT molecular complexity index is 1200. The predicted molar refractivity (Wildman–Crippen MR) is 116 cm³/mol. The van der Waals surface area contributed by atoms with Crippen LogP contribution in [0.5, 0.6) is 5.75 Å². The van der Waals surface area contributed by atoms with Gasteiger partial charge in [-0.1, -0.05) is 25.4 Å². The van der Waals surface area contributed by atoms with Crippen molar-refractivity contribution < 1.29 is 22.7 Å². The molecule has 2 atom stereocenters. The molecule has 174 valence electrons. The van der Waals surface area contributed by atoms with Gasteiger partial charge in [-0.2, -0.15) is 20.3 Å². The van der Waals surface area contributed by atoms with E-state index in [1.807, 2.05) is 19.1 Å². The van der Waals surface area contributed by atoms with E-state index < -0.39 is 23.6 Å². The maximum atomic E-state index is 12.6. The Morgan fingerprint density at radius 3 is 2.52 bits per heavy atom. The fourth-order valence-corrected chi connectivity index (χ4v) is 3.46. The van der Waals surface area contributed by atoms with Gasteiger partial charge in [-0.3, -0.25) is 4.79 Å². The zero-order valence-electron chi connectivity index (χ0n) is 18.1. The third-order valence-electron chi connectivity index (χ3n) is 5.11. The standard InChI is InChI=1S/C22H21ClF3N5O2/c1-4-13(2)17-9-15(23)10-18-19(17)30-31(29-18)12-21(3,11-27)28-20(32)14-5-7-16(8-6-14)33-22(24,25)26/h5-10,13H,4,12H2,1-3H3,(H,28,32). The first-order chi connectivity index (χ1) is 15.4. The average Bonchev–Trinajstić information content (AvgIpc) is 3.13. The lowest BCUT2D eigenvalue weighted by atomic mass is 9.97. The van der Waals surface area contributed by atoms with Crippen molar-refractivity contribution in [3.05, 3.63) is 52.5 Å². The summed E-state index contributed by atoms with van der Waals surface area (Å²) in [5, 5.41) is 21.7. The summed E-state index contributed by atoms with van der Waals surface area (Å²) >= 11 is 6.22. The number of halogens is 4. The molecule has 0 aliphatic rings. The summed E-state index contributed by atoms with van der Waals surface area (Å²) in [4.78, 5) is 13.9. The lowest BCUT2D eigenvalue weighted by molar-refractivity contribution is -0.274. The van der Waals surface area contributed by atoms with Crippen molar-refractivity contribution in [3.8, 4) is 11.8 Å². The van der Waals surface area contributed by atoms with Gasteiger partial charge in [0, 0.05) is 10.6 Å². The molecule has 1 heterocycles. The van der Waals surface area contributed by atoms with Crippen LogP contribution >= 0.6 is 11.6 Å². The molecule has 0 spiro atoms. The Morgan fingerprint density at radius 2 is 1.94 bits per heavy atom. The molecule has 2 aromatic carbocycles. The Morgan fingerprint density at radius 1 is 1.27 bits per heavy atom. The fraction of sp³-hybridized carbons (Fsp3) is 0.364. The lowest BCUT2D eigenvalue weighted by Gasteiger charge is -2.22. The van der Waals surface area contributed by atoms with E-state index in [0.29, 0.717) is 16.1 Å². The largest absolute Gasteiger partial charge is 0.573 e. The third kappa shape index (κ3) is 5.93. The first kappa shape index (κ1) is 24.3. The molecular formula is C22H21ClF3N5O2. The van der Waals surface area contributed by atoms with Crippen molar-refractivity contribution in [2.45, 2.75) is 51.6 Å². The predicted octanol–water partition coefficient (Wildman–Crippen LogP) is 5.21. The number of ether oxygens (including phenoxy) is 1. The highest BCUT2D eigenvalue weighted by Gasteiger charge is 2.32. The molecule has 0 fully saturated rings. The molecule has 3 rings (SSSR count). The molecule has 0 aliphatic heterocycles. The minimum absolute atomic E-state index is 0.0588. The van der Waals surface area contributed by atoms with Gasteiger partial charge < -0.3 is 10.1 Å². The van der Waals surface area contributed by atoms with Crippen molar-refractivity contribution in [1.29, 1.82) is 5.26 Å². The number of carbonyl (C=O) groups excluding carboxylic acids is 1. The van der Waals surface area contributed by atoms with Crippen LogP contribution in [-0.4, -0.2) is 32.8 Å². The highest BCUT2D eigenvalue weighted by molar-refractivity contribution is 6.31. The molecule has 1 aromatic heterocycles. The molecule has 33 heavy (non-hydrogen) atoms. The van der Waals surface area contributed by atoms with Gasteiger partial charge >= 0.3 is 6.36 Å². The number of alkyl halides is 3. The van der Waals surface area contributed by atoms with E-state index in [2.05, 4.69) is 27.2 Å². The number of nitrogens with zero attached hydrogens (tertiary/aromatic N) is 4. The number of rotatable bonds is 7. The smallest absolute Gasteiger partial charge is 0.406 e. The van der Waals surface area contributed by atoms with Crippen LogP contribution in [0.25, 0.3) is 11.0 Å². The van der Waals surface area contributed by atoms with Gasteiger partial charge in [-0.15, -0.1) is 13.2 Å². The minimum atomic E-state index is -4.83. The molecule has 2 unspecified atom stereocenters. The van der Waals surface area contributed by atoms with E-state index in [0.717, 1.165) is 24.1 Å². The second kappa shape index (κ2) is 9.27. The quantitative estimate of drug-likeness (QED) is 0.502. The SMILES string of the molecule is CCC(C)c1cc(Cl)cc2nn(CC(C)(C#N)NC(=O)c3ccc(OC(F)(F)F)cc3)nc12. The van der Waals surface area contributed by atoms with Crippen molar-refractivity contribution in [3.63, 3.8) is 0 Å². The fourth-order valence-electron chi connectivity index (χ4n) is 3.24. The number of nitrogens with one attached hydrogen (secondary N) is 1. The molecule has 0 saturated carbocycles. The number of hydrogen-bond donors (Lipinski definition) is 1. The summed E-state index contributed by atoms with van der Waals surface area (Å²) in [6, 6.07) is 9.96. The van der Waals surface area contributed by atoms with E-state index in [9.17, 15) is 23.2 Å². The summed E-state index contributed by atoms with van der Waals surface area (Å²) in [5.41, 5.74) is 0.851. The Kier molecular flexibility index (Phi) is 6.84. The van der Waals surface area contributed by atoms with Crippen molar-refractivity contribution in [2.24, 2.45) is 0 Å². The maximum absolute atomic E-state index is 12.6. The van der Waals surface area contributed by atoms with Gasteiger partial charge in [-0.25, -0.2) is 0 Å². The van der Waals surface area contributed by atoms with E-state index in [4.69, 9.17) is 11.6 Å². The number of benzene rings is 2. The molecule has 7 nitrogen and oxygen atoms in total. The zero-order valence-corrected chi connectivity index (χ0v) is 18.8. The van der Waals surface area contributed by atoms with Gasteiger partial charge in [0.25, 0.3) is 5.91 Å². The Hall–Kier alpha value is -3.32. The molecule has 0 aliphatic carbocycles. The van der Waals surface area contributed by atoms with Crippen LogP contribution in [-0.2, 0) is 6.54 Å². The summed E-state index contributed by atoms with van der Waals surface area (Å²) in [6.45, 7) is 5.54. The second-order valence-corrected chi connectivity index (χ2v) is 8.31. The maximum Gasteiger partial charge on any atom is 0.573 e. The highest BCUT2D eigenvalue weighted by Crippen LogP contribution is 2.29. The van der Waals surface area contributed by atoms with Crippen LogP contribution in [0.4, 0.5) is 13.2 Å². The average molecular weight is 480 g/mol. The molecule has 1 amide bonds. The summed E-state index contributed by atoms with van der Waals surface area (Å²) < 4.78 is 40.7. The van der Waals surface area contributed by atoms with Crippen LogP contribution < -0.4 is 10.1 Å². The molecule has 11 heteroatoms. The van der Waals surface area contributed by atoms with E-state index >= 15 is 0 Å². The van der Waals surface area contributed by atoms with Gasteiger partial charge in [0.1, 0.15) is 22.3 Å². The van der Waals surface area contributed by atoms with Gasteiger partial charge in [0.2, 0.25) is 0 Å². The van der Waals surface area contributed by atoms with Gasteiger partial charge in [-0.05, 0) is 61.2 Å². The van der Waals surface area contributed by atoms with Crippen molar-refractivity contribution in [1.82, 2.24) is 20.3 Å². The van der Waals surface area contributed by atoms with E-state index in [1.54, 1.807) is 6.07 Å². The molecule has 3 aromatic rings. The number of hydrogen-bond acceptors (Lipinski definition) is 5. The van der Waals surface area contributed by atoms with Crippen LogP contribution in [0, 0.1) is 11.3 Å². The lowest BCUT2D eigenvalue weighted by Crippen LogP contribution is -2.48. The summed E-state index contributed by atoms with van der Waals surface area (Å²) in [5.74, 6) is -0.898. The number of aromatic nitrogens is 3. The number of carbonyl (C=O) groups is 1.